The van der Waals surface area contributed by atoms with Crippen LogP contribution < -0.4 is 0 Å². The van der Waals surface area contributed by atoms with Crippen LogP contribution in [0.2, 0.25) is 0 Å². The molecule has 0 atom stereocenters. The summed E-state index contributed by atoms with van der Waals surface area (Å²) in [7, 11) is 0. The Morgan fingerprint density at radius 1 is 1.11 bits per heavy atom. The SMILES string of the molecule is C=CCC/C=C/CC[O]. The Balaban J connectivity index is 2.94. The topological polar surface area (TPSA) is 19.9 Å². The molecule has 0 bridgehead atoms. The predicted octanol–water partition coefficient (Wildman–Crippen LogP) is 2.33. The van der Waals surface area contributed by atoms with Gasteiger partial charge in [-0.25, -0.2) is 5.11 Å². The fraction of sp³-hybridized carbons (Fsp3) is 0.500. The fourth-order valence-corrected chi connectivity index (χ4v) is 0.518. The number of rotatable bonds is 5. The summed E-state index contributed by atoms with van der Waals surface area (Å²) in [4.78, 5) is 0. The smallest absolute Gasteiger partial charge is 0.0856 e. The molecule has 0 aliphatic heterocycles. The number of allylic oxidation sites excluding steroid dienone is 2. The molecule has 0 rings (SSSR count). The van der Waals surface area contributed by atoms with Crippen molar-refractivity contribution in [2.75, 3.05) is 6.61 Å². The molecule has 1 nitrogen and oxygen atoms in total. The van der Waals surface area contributed by atoms with Crippen molar-refractivity contribution in [2.24, 2.45) is 0 Å². The molecule has 0 aliphatic carbocycles. The Kier molecular flexibility index (Phi) is 6.98. The van der Waals surface area contributed by atoms with Gasteiger partial charge in [-0.15, -0.1) is 6.58 Å². The third-order valence-electron chi connectivity index (χ3n) is 0.989. The zero-order valence-electron chi connectivity index (χ0n) is 5.68. The molecule has 0 aromatic carbocycles. The molecule has 51 valence electrons. The minimum atomic E-state index is 0.00455. The van der Waals surface area contributed by atoms with Gasteiger partial charge in [0, 0.05) is 0 Å². The quantitative estimate of drug-likeness (QED) is 0.397. The molecule has 0 saturated carbocycles. The summed E-state index contributed by atoms with van der Waals surface area (Å²) in [6.45, 7) is 3.59. The van der Waals surface area contributed by atoms with Gasteiger partial charge in [0.15, 0.2) is 0 Å². The molecule has 0 saturated heterocycles. The highest BCUT2D eigenvalue weighted by atomic mass is 16.2. The lowest BCUT2D eigenvalue weighted by Gasteiger charge is -1.83. The van der Waals surface area contributed by atoms with Crippen molar-refractivity contribution >= 4 is 0 Å². The molecule has 0 aliphatic rings. The third-order valence-corrected chi connectivity index (χ3v) is 0.989. The van der Waals surface area contributed by atoms with Crippen molar-refractivity contribution in [3.8, 4) is 0 Å². The summed E-state index contributed by atoms with van der Waals surface area (Å²) < 4.78 is 0. The maximum Gasteiger partial charge on any atom is 0.0856 e. The van der Waals surface area contributed by atoms with Gasteiger partial charge in [0.05, 0.1) is 6.61 Å². The maximum atomic E-state index is 9.89. The van der Waals surface area contributed by atoms with Crippen molar-refractivity contribution in [2.45, 2.75) is 19.3 Å². The molecule has 0 spiro atoms. The summed E-state index contributed by atoms with van der Waals surface area (Å²) in [5.41, 5.74) is 0. The minimum Gasteiger partial charge on any atom is -0.236 e. The second-order valence-electron chi connectivity index (χ2n) is 1.83. The van der Waals surface area contributed by atoms with Crippen LogP contribution in [0.5, 0.6) is 0 Å². The van der Waals surface area contributed by atoms with E-state index in [9.17, 15) is 5.11 Å². The summed E-state index contributed by atoms with van der Waals surface area (Å²) in [5.74, 6) is 0. The van der Waals surface area contributed by atoms with E-state index >= 15 is 0 Å². The van der Waals surface area contributed by atoms with Crippen LogP contribution in [0.15, 0.2) is 24.8 Å². The largest absolute Gasteiger partial charge is 0.236 e. The molecule has 0 N–H and O–H groups in total. The first-order valence-corrected chi connectivity index (χ1v) is 3.26. The van der Waals surface area contributed by atoms with Crippen molar-refractivity contribution in [1.29, 1.82) is 0 Å². The Morgan fingerprint density at radius 3 is 2.33 bits per heavy atom. The van der Waals surface area contributed by atoms with E-state index in [1.807, 2.05) is 18.2 Å². The highest BCUT2D eigenvalue weighted by Crippen LogP contribution is 1.91. The highest BCUT2D eigenvalue weighted by Gasteiger charge is 1.75. The monoisotopic (exact) mass is 125 g/mol. The standard InChI is InChI=1S/C8H13O/c1-2-3-4-5-6-7-8-9/h2,5-6H,1,3-4,7-8H2/b6-5+. The van der Waals surface area contributed by atoms with E-state index in [0.29, 0.717) is 6.42 Å². The lowest BCUT2D eigenvalue weighted by Crippen LogP contribution is -1.72. The van der Waals surface area contributed by atoms with E-state index in [1.165, 1.54) is 0 Å². The maximum absolute atomic E-state index is 9.89. The van der Waals surface area contributed by atoms with Gasteiger partial charge >= 0.3 is 0 Å². The van der Waals surface area contributed by atoms with Crippen LogP contribution in [0.3, 0.4) is 0 Å². The molecule has 0 aromatic rings. The summed E-state index contributed by atoms with van der Waals surface area (Å²) in [6.07, 6.45) is 8.52. The molecule has 9 heavy (non-hydrogen) atoms. The first kappa shape index (κ1) is 8.44. The van der Waals surface area contributed by atoms with E-state index in [-0.39, 0.29) is 6.61 Å². The Bertz CT molecular complexity index is 84.6. The molecule has 0 unspecified atom stereocenters. The van der Waals surface area contributed by atoms with Crippen LogP contribution >= 0.6 is 0 Å². The first-order valence-electron chi connectivity index (χ1n) is 3.26. The average Bonchev–Trinajstić information content (AvgIpc) is 1.89. The number of hydrogen-bond acceptors (Lipinski definition) is 0. The molecule has 0 fully saturated rings. The Labute approximate surface area is 56.7 Å². The van der Waals surface area contributed by atoms with Crippen molar-refractivity contribution in [1.82, 2.24) is 0 Å². The lowest BCUT2D eigenvalue weighted by molar-refractivity contribution is 0.199. The van der Waals surface area contributed by atoms with Gasteiger partial charge in [-0.3, -0.25) is 0 Å². The molecular formula is C8H13O. The van der Waals surface area contributed by atoms with Crippen LogP contribution in [-0.2, 0) is 5.11 Å². The second-order valence-corrected chi connectivity index (χ2v) is 1.83. The Morgan fingerprint density at radius 2 is 1.78 bits per heavy atom. The van der Waals surface area contributed by atoms with Crippen molar-refractivity contribution < 1.29 is 5.11 Å². The molecule has 0 amide bonds. The van der Waals surface area contributed by atoms with Gasteiger partial charge in [0.25, 0.3) is 0 Å². The van der Waals surface area contributed by atoms with Crippen LogP contribution in [0, 0.1) is 0 Å². The third kappa shape index (κ3) is 7.44. The molecule has 1 radical (unpaired) electrons. The highest BCUT2D eigenvalue weighted by molar-refractivity contribution is 4.83. The fourth-order valence-electron chi connectivity index (χ4n) is 0.518. The van der Waals surface area contributed by atoms with Crippen LogP contribution in [0.1, 0.15) is 19.3 Å². The van der Waals surface area contributed by atoms with Crippen molar-refractivity contribution in [3.63, 3.8) is 0 Å². The van der Waals surface area contributed by atoms with Gasteiger partial charge in [0.1, 0.15) is 0 Å². The van der Waals surface area contributed by atoms with Crippen molar-refractivity contribution in [3.05, 3.63) is 24.8 Å². The number of unbranched alkanes of at least 4 members (excludes halogenated alkanes) is 1. The summed E-state index contributed by atoms with van der Waals surface area (Å²) in [5, 5.41) is 9.89. The van der Waals surface area contributed by atoms with E-state index in [0.717, 1.165) is 12.8 Å². The van der Waals surface area contributed by atoms with Gasteiger partial charge in [-0.05, 0) is 19.3 Å². The molecule has 0 aromatic heterocycles. The molecular weight excluding hydrogens is 112 g/mol. The Hall–Kier alpha value is -0.560. The zero-order chi connectivity index (χ0) is 6.95. The normalized spacial score (nSPS) is 10.3. The zero-order valence-corrected chi connectivity index (χ0v) is 5.68. The second kappa shape index (κ2) is 7.44. The van der Waals surface area contributed by atoms with Crippen LogP contribution in [0.25, 0.3) is 0 Å². The van der Waals surface area contributed by atoms with Crippen LogP contribution in [0.4, 0.5) is 0 Å². The summed E-state index contributed by atoms with van der Waals surface area (Å²) in [6, 6.07) is 0. The predicted molar refractivity (Wildman–Crippen MR) is 38.7 cm³/mol. The van der Waals surface area contributed by atoms with E-state index < -0.39 is 0 Å². The van der Waals surface area contributed by atoms with Gasteiger partial charge in [-0.2, -0.15) is 0 Å². The average molecular weight is 125 g/mol. The van der Waals surface area contributed by atoms with Gasteiger partial charge in [0.2, 0.25) is 0 Å². The lowest BCUT2D eigenvalue weighted by atomic mass is 10.3. The van der Waals surface area contributed by atoms with Crippen LogP contribution in [-0.4, -0.2) is 6.61 Å². The van der Waals surface area contributed by atoms with E-state index in [4.69, 9.17) is 0 Å². The first-order chi connectivity index (χ1) is 4.41. The molecule has 0 heterocycles. The van der Waals surface area contributed by atoms with E-state index in [2.05, 4.69) is 6.58 Å². The minimum absolute atomic E-state index is 0.00455. The van der Waals surface area contributed by atoms with Gasteiger partial charge in [-0.1, -0.05) is 18.2 Å². The van der Waals surface area contributed by atoms with Gasteiger partial charge < -0.3 is 0 Å². The summed E-state index contributed by atoms with van der Waals surface area (Å²) >= 11 is 0. The molecule has 1 heteroatoms. The van der Waals surface area contributed by atoms with E-state index in [1.54, 1.807) is 0 Å². The number of hydrogen-bond donors (Lipinski definition) is 0.